The van der Waals surface area contributed by atoms with E-state index in [9.17, 15) is 32.3 Å². The summed E-state index contributed by atoms with van der Waals surface area (Å²) in [6.07, 6.45) is 0.440. The zero-order chi connectivity index (χ0) is 23.6. The molecule has 0 aliphatic heterocycles. The van der Waals surface area contributed by atoms with Gasteiger partial charge in [-0.25, -0.2) is 18.6 Å². The van der Waals surface area contributed by atoms with Crippen molar-refractivity contribution in [1.29, 1.82) is 0 Å². The number of para-hydroxylation sites is 1. The van der Waals surface area contributed by atoms with Crippen molar-refractivity contribution in [3.63, 3.8) is 0 Å². The Morgan fingerprint density at radius 3 is 2.59 bits per heavy atom. The van der Waals surface area contributed by atoms with Crippen molar-refractivity contribution in [2.24, 2.45) is 0 Å². The zero-order valence-corrected chi connectivity index (χ0v) is 17.9. The van der Waals surface area contributed by atoms with E-state index in [-0.39, 0.29) is 33.7 Å². The molecule has 0 spiro atoms. The summed E-state index contributed by atoms with van der Waals surface area (Å²) in [5.74, 6) is -6.47. The van der Waals surface area contributed by atoms with Gasteiger partial charge in [0.1, 0.15) is 11.5 Å². The van der Waals surface area contributed by atoms with Crippen LogP contribution >= 0.6 is 15.9 Å². The van der Waals surface area contributed by atoms with Gasteiger partial charge in [0, 0.05) is 23.7 Å². The van der Waals surface area contributed by atoms with Crippen LogP contribution in [0.5, 0.6) is 5.75 Å². The van der Waals surface area contributed by atoms with Crippen molar-refractivity contribution < 1.29 is 41.7 Å². The standard InChI is InChI=1S/C20H15BrF4N2O5/c1-2-31-19(30)16-17(27-8-11(21)13(23)7-14(27)26-16)10(6-15(28)29)9-4-3-5-12(22)18(9)32-20(24)25/h3-5,7-8,10,20H,2,6H2,1H3,(H,28,29). The second-order valence-corrected chi connectivity index (χ2v) is 7.31. The molecular weight excluding hydrogens is 504 g/mol. The summed E-state index contributed by atoms with van der Waals surface area (Å²) in [6.45, 7) is -1.92. The molecule has 0 saturated heterocycles. The van der Waals surface area contributed by atoms with E-state index in [1.54, 1.807) is 0 Å². The minimum atomic E-state index is -3.40. The first-order chi connectivity index (χ1) is 15.1. The minimum absolute atomic E-state index is 0.0450. The summed E-state index contributed by atoms with van der Waals surface area (Å²) < 4.78 is 64.8. The van der Waals surface area contributed by atoms with E-state index < -0.39 is 48.3 Å². The number of carboxylic acids is 1. The van der Waals surface area contributed by atoms with Crippen LogP contribution in [0.25, 0.3) is 5.65 Å². The highest BCUT2D eigenvalue weighted by Gasteiger charge is 2.33. The molecule has 0 radical (unpaired) electrons. The van der Waals surface area contributed by atoms with E-state index in [0.29, 0.717) is 0 Å². The van der Waals surface area contributed by atoms with Crippen LogP contribution in [0.4, 0.5) is 17.6 Å². The first-order valence-electron chi connectivity index (χ1n) is 9.13. The average Bonchev–Trinajstić information content (AvgIpc) is 3.06. The summed E-state index contributed by atoms with van der Waals surface area (Å²) in [4.78, 5) is 28.3. The summed E-state index contributed by atoms with van der Waals surface area (Å²) in [5, 5.41) is 9.49. The second-order valence-electron chi connectivity index (χ2n) is 6.45. The minimum Gasteiger partial charge on any atom is -0.481 e. The van der Waals surface area contributed by atoms with E-state index in [4.69, 9.17) is 4.74 Å². The first kappa shape index (κ1) is 23.5. The Hall–Kier alpha value is -3.15. The van der Waals surface area contributed by atoms with Gasteiger partial charge in [-0.1, -0.05) is 12.1 Å². The van der Waals surface area contributed by atoms with E-state index in [2.05, 4.69) is 25.7 Å². The number of aromatic nitrogens is 2. The normalized spacial score (nSPS) is 12.2. The molecular formula is C20H15BrF4N2O5. The number of nitrogens with zero attached hydrogens (tertiary/aromatic N) is 2. The van der Waals surface area contributed by atoms with E-state index in [1.165, 1.54) is 29.7 Å². The van der Waals surface area contributed by atoms with Crippen LogP contribution < -0.4 is 4.74 Å². The predicted octanol–water partition coefficient (Wildman–Crippen LogP) is 4.76. The molecule has 3 rings (SSSR count). The highest BCUT2D eigenvalue weighted by Crippen LogP contribution is 2.39. The Morgan fingerprint density at radius 2 is 1.97 bits per heavy atom. The second kappa shape index (κ2) is 9.55. The topological polar surface area (TPSA) is 90.1 Å². The Morgan fingerprint density at radius 1 is 1.25 bits per heavy atom. The fraction of sp³-hybridized carbons (Fsp3) is 0.250. The zero-order valence-electron chi connectivity index (χ0n) is 16.3. The van der Waals surface area contributed by atoms with Gasteiger partial charge >= 0.3 is 18.6 Å². The van der Waals surface area contributed by atoms with Crippen molar-refractivity contribution >= 4 is 33.5 Å². The molecule has 32 heavy (non-hydrogen) atoms. The quantitative estimate of drug-likeness (QED) is 0.341. The maximum atomic E-state index is 14.4. The van der Waals surface area contributed by atoms with Gasteiger partial charge in [0.15, 0.2) is 17.3 Å². The number of carbonyl (C=O) groups excluding carboxylic acids is 1. The van der Waals surface area contributed by atoms with E-state index >= 15 is 0 Å². The van der Waals surface area contributed by atoms with Crippen LogP contribution in [0.3, 0.4) is 0 Å². The Bertz CT molecular complexity index is 1180. The Kier molecular flexibility index (Phi) is 7.02. The lowest BCUT2D eigenvalue weighted by molar-refractivity contribution is -0.137. The summed E-state index contributed by atoms with van der Waals surface area (Å²) in [5.41, 5.74) is -0.832. The number of benzene rings is 1. The monoisotopic (exact) mass is 518 g/mol. The molecule has 170 valence electrons. The number of pyridine rings is 1. The highest BCUT2D eigenvalue weighted by atomic mass is 79.9. The number of aliphatic carboxylic acids is 1. The van der Waals surface area contributed by atoms with Gasteiger partial charge < -0.3 is 19.0 Å². The molecule has 12 heteroatoms. The molecule has 1 aromatic carbocycles. The van der Waals surface area contributed by atoms with Crippen molar-refractivity contribution in [3.05, 3.63) is 63.5 Å². The Balaban J connectivity index is 2.36. The van der Waals surface area contributed by atoms with Gasteiger partial charge in [-0.05, 0) is 28.9 Å². The smallest absolute Gasteiger partial charge is 0.387 e. The fourth-order valence-corrected chi connectivity index (χ4v) is 3.60. The average molecular weight is 519 g/mol. The number of esters is 1. The molecule has 1 unspecified atom stereocenters. The molecule has 0 amide bonds. The summed E-state index contributed by atoms with van der Waals surface area (Å²) in [6, 6.07) is 4.23. The Labute approximate surface area is 186 Å². The summed E-state index contributed by atoms with van der Waals surface area (Å²) in [7, 11) is 0. The molecule has 7 nitrogen and oxygen atoms in total. The molecule has 0 bridgehead atoms. The fourth-order valence-electron chi connectivity index (χ4n) is 3.28. The number of hydrogen-bond donors (Lipinski definition) is 1. The van der Waals surface area contributed by atoms with Gasteiger partial charge in [-0.2, -0.15) is 8.78 Å². The van der Waals surface area contributed by atoms with Crippen molar-refractivity contribution in [3.8, 4) is 5.75 Å². The number of alkyl halides is 2. The largest absolute Gasteiger partial charge is 0.481 e. The van der Waals surface area contributed by atoms with Crippen LogP contribution in [0.15, 0.2) is 34.9 Å². The van der Waals surface area contributed by atoms with Crippen LogP contribution in [0.2, 0.25) is 0 Å². The number of hydrogen-bond acceptors (Lipinski definition) is 5. The number of carboxylic acid groups (broad SMARTS) is 1. The van der Waals surface area contributed by atoms with Crippen LogP contribution in [-0.4, -0.2) is 39.6 Å². The van der Waals surface area contributed by atoms with Gasteiger partial charge in [-0.3, -0.25) is 4.79 Å². The van der Waals surface area contributed by atoms with Crippen molar-refractivity contribution in [2.45, 2.75) is 25.9 Å². The van der Waals surface area contributed by atoms with Gasteiger partial charge in [-0.15, -0.1) is 0 Å². The van der Waals surface area contributed by atoms with Gasteiger partial charge in [0.2, 0.25) is 0 Å². The third kappa shape index (κ3) is 4.69. The SMILES string of the molecule is CCOC(=O)c1nc2cc(F)c(Br)cn2c1C(CC(=O)O)c1cccc(F)c1OC(F)F. The van der Waals surface area contributed by atoms with E-state index in [1.807, 2.05) is 0 Å². The molecule has 0 aliphatic rings. The molecule has 0 fully saturated rings. The van der Waals surface area contributed by atoms with Gasteiger partial charge in [0.05, 0.1) is 23.2 Å². The third-order valence-corrected chi connectivity index (χ3v) is 5.04. The molecule has 2 heterocycles. The highest BCUT2D eigenvalue weighted by molar-refractivity contribution is 9.10. The summed E-state index contributed by atoms with van der Waals surface area (Å²) >= 11 is 3.00. The number of carbonyl (C=O) groups is 2. The van der Waals surface area contributed by atoms with Crippen molar-refractivity contribution in [1.82, 2.24) is 9.38 Å². The first-order valence-corrected chi connectivity index (χ1v) is 9.92. The lowest BCUT2D eigenvalue weighted by atomic mass is 9.90. The lowest BCUT2D eigenvalue weighted by Crippen LogP contribution is -2.18. The number of rotatable bonds is 8. The number of fused-ring (bicyclic) bond motifs is 1. The maximum absolute atomic E-state index is 14.4. The maximum Gasteiger partial charge on any atom is 0.387 e. The molecule has 0 aliphatic carbocycles. The number of halogens is 5. The molecule has 3 aromatic rings. The lowest BCUT2D eigenvalue weighted by Gasteiger charge is -2.20. The predicted molar refractivity (Wildman–Crippen MR) is 106 cm³/mol. The van der Waals surface area contributed by atoms with Gasteiger partial charge in [0.25, 0.3) is 0 Å². The van der Waals surface area contributed by atoms with Crippen molar-refractivity contribution in [2.75, 3.05) is 6.61 Å². The third-order valence-electron chi connectivity index (χ3n) is 4.46. The van der Waals surface area contributed by atoms with Crippen LogP contribution in [0, 0.1) is 11.6 Å². The molecule has 2 aromatic heterocycles. The number of ether oxygens (including phenoxy) is 2. The van der Waals surface area contributed by atoms with Crippen LogP contribution in [0.1, 0.15) is 41.0 Å². The molecule has 1 N–H and O–H groups in total. The van der Waals surface area contributed by atoms with Crippen LogP contribution in [-0.2, 0) is 9.53 Å². The van der Waals surface area contributed by atoms with E-state index in [0.717, 1.165) is 12.1 Å². The number of imidazole rings is 1. The molecule has 1 atom stereocenters. The molecule has 0 saturated carbocycles.